The number of aromatic nitrogens is 1. The molecule has 0 saturated carbocycles. The Balaban J connectivity index is 1.94. The van der Waals surface area contributed by atoms with Crippen molar-refractivity contribution in [1.29, 1.82) is 0 Å². The third-order valence-corrected chi connectivity index (χ3v) is 5.77. The zero-order chi connectivity index (χ0) is 16.2. The molecule has 1 aliphatic heterocycles. The van der Waals surface area contributed by atoms with Crippen LogP contribution in [0.4, 0.5) is 4.79 Å². The van der Waals surface area contributed by atoms with Gasteiger partial charge in [-0.25, -0.2) is 4.79 Å². The SMILES string of the molecule is CC(C)(C)OC(=O)N1CCCC[C@H]1C[S@@](=O)Cc1cncs1. The summed E-state index contributed by atoms with van der Waals surface area (Å²) in [4.78, 5) is 19.1. The number of likely N-dealkylation sites (tertiary alicyclic amines) is 1. The summed E-state index contributed by atoms with van der Waals surface area (Å²) in [5.41, 5.74) is 1.25. The summed E-state index contributed by atoms with van der Waals surface area (Å²) >= 11 is 1.52. The van der Waals surface area contributed by atoms with E-state index < -0.39 is 16.4 Å². The number of hydrogen-bond donors (Lipinski definition) is 0. The standard InChI is InChI=1S/C15H24N2O3S2/c1-15(2,3)20-14(18)17-7-5-4-6-12(17)9-22(19)10-13-8-16-11-21-13/h8,11-12H,4-7,9-10H2,1-3H3/t12-,22+/m0/s1. The normalized spacial score (nSPS) is 20.7. The van der Waals surface area contributed by atoms with Crippen molar-refractivity contribution in [2.45, 2.75) is 57.4 Å². The number of nitrogens with zero attached hydrogens (tertiary/aromatic N) is 2. The topological polar surface area (TPSA) is 59.5 Å². The molecule has 2 rings (SSSR count). The van der Waals surface area contributed by atoms with Gasteiger partial charge in [0.15, 0.2) is 0 Å². The van der Waals surface area contributed by atoms with E-state index in [-0.39, 0.29) is 12.1 Å². The molecule has 1 aromatic heterocycles. The summed E-state index contributed by atoms with van der Waals surface area (Å²) in [7, 11) is -0.986. The van der Waals surface area contributed by atoms with Crippen LogP contribution in [-0.2, 0) is 21.3 Å². The van der Waals surface area contributed by atoms with Crippen molar-refractivity contribution < 1.29 is 13.7 Å². The molecule has 0 spiro atoms. The van der Waals surface area contributed by atoms with Gasteiger partial charge in [-0.1, -0.05) is 0 Å². The molecule has 0 aliphatic carbocycles. The van der Waals surface area contributed by atoms with E-state index in [1.165, 1.54) is 11.3 Å². The number of thiazole rings is 1. The molecule has 1 aliphatic rings. The van der Waals surface area contributed by atoms with E-state index in [4.69, 9.17) is 4.74 Å². The van der Waals surface area contributed by atoms with Gasteiger partial charge in [0.05, 0.1) is 11.3 Å². The molecule has 124 valence electrons. The lowest BCUT2D eigenvalue weighted by atomic mass is 10.0. The average molecular weight is 345 g/mol. The Labute approximate surface area is 138 Å². The van der Waals surface area contributed by atoms with E-state index in [1.807, 2.05) is 20.8 Å². The molecular weight excluding hydrogens is 320 g/mol. The summed E-state index contributed by atoms with van der Waals surface area (Å²) in [5.74, 6) is 1.03. The number of piperidine rings is 1. The average Bonchev–Trinajstić information content (AvgIpc) is 2.90. The zero-order valence-corrected chi connectivity index (χ0v) is 15.0. The molecule has 2 atom stereocenters. The van der Waals surface area contributed by atoms with E-state index >= 15 is 0 Å². The lowest BCUT2D eigenvalue weighted by Gasteiger charge is -2.36. The van der Waals surface area contributed by atoms with Crippen LogP contribution in [0.3, 0.4) is 0 Å². The van der Waals surface area contributed by atoms with Crippen LogP contribution in [0.1, 0.15) is 44.9 Å². The fourth-order valence-corrected chi connectivity index (χ4v) is 4.81. The van der Waals surface area contributed by atoms with Crippen LogP contribution in [0.2, 0.25) is 0 Å². The fraction of sp³-hybridized carbons (Fsp3) is 0.733. The molecule has 1 fully saturated rings. The first-order chi connectivity index (χ1) is 10.3. The zero-order valence-electron chi connectivity index (χ0n) is 13.4. The van der Waals surface area contributed by atoms with Crippen molar-refractivity contribution in [3.05, 3.63) is 16.6 Å². The monoisotopic (exact) mass is 344 g/mol. The molecule has 0 unspecified atom stereocenters. The molecule has 0 N–H and O–H groups in total. The molecule has 0 radical (unpaired) electrons. The van der Waals surface area contributed by atoms with Crippen LogP contribution >= 0.6 is 11.3 Å². The van der Waals surface area contributed by atoms with E-state index in [9.17, 15) is 9.00 Å². The second-order valence-electron chi connectivity index (χ2n) is 6.54. The van der Waals surface area contributed by atoms with E-state index in [0.29, 0.717) is 18.1 Å². The van der Waals surface area contributed by atoms with Crippen molar-refractivity contribution >= 4 is 28.2 Å². The molecule has 7 heteroatoms. The second kappa shape index (κ2) is 7.55. The maximum Gasteiger partial charge on any atom is 0.410 e. The first-order valence-electron chi connectivity index (χ1n) is 7.57. The number of rotatable bonds is 4. The molecule has 1 aromatic rings. The lowest BCUT2D eigenvalue weighted by Crippen LogP contribution is -2.48. The third kappa shape index (κ3) is 5.35. The Morgan fingerprint density at radius 1 is 1.50 bits per heavy atom. The highest BCUT2D eigenvalue weighted by atomic mass is 32.2. The smallest absolute Gasteiger partial charge is 0.410 e. The first kappa shape index (κ1) is 17.4. The number of amides is 1. The minimum Gasteiger partial charge on any atom is -0.444 e. The molecular formula is C15H24N2O3S2. The summed E-state index contributed by atoms with van der Waals surface area (Å²) in [6.45, 7) is 6.29. The van der Waals surface area contributed by atoms with Gasteiger partial charge in [-0.2, -0.15) is 0 Å². The van der Waals surface area contributed by atoms with Gasteiger partial charge in [0, 0.05) is 40.2 Å². The maximum absolute atomic E-state index is 12.3. The number of carbonyl (C=O) groups excluding carboxylic acids is 1. The van der Waals surface area contributed by atoms with Crippen LogP contribution < -0.4 is 0 Å². The van der Waals surface area contributed by atoms with Gasteiger partial charge in [0.2, 0.25) is 0 Å². The highest BCUT2D eigenvalue weighted by Gasteiger charge is 2.31. The Hall–Kier alpha value is -0.950. The van der Waals surface area contributed by atoms with Crippen LogP contribution in [0, 0.1) is 0 Å². The van der Waals surface area contributed by atoms with Crippen LogP contribution in [0.15, 0.2) is 11.7 Å². The summed E-state index contributed by atoms with van der Waals surface area (Å²) < 4.78 is 17.8. The van der Waals surface area contributed by atoms with Crippen molar-refractivity contribution in [2.75, 3.05) is 12.3 Å². The largest absolute Gasteiger partial charge is 0.444 e. The van der Waals surface area contributed by atoms with Gasteiger partial charge in [-0.05, 0) is 40.0 Å². The van der Waals surface area contributed by atoms with Gasteiger partial charge >= 0.3 is 6.09 Å². The van der Waals surface area contributed by atoms with E-state index in [0.717, 1.165) is 24.1 Å². The first-order valence-corrected chi connectivity index (χ1v) is 9.94. The highest BCUT2D eigenvalue weighted by Crippen LogP contribution is 2.22. The lowest BCUT2D eigenvalue weighted by molar-refractivity contribution is 0.0125. The van der Waals surface area contributed by atoms with Crippen molar-refractivity contribution in [2.24, 2.45) is 0 Å². The predicted octanol–water partition coefficient (Wildman–Crippen LogP) is 3.18. The maximum atomic E-state index is 12.3. The molecule has 2 heterocycles. The Morgan fingerprint density at radius 3 is 2.91 bits per heavy atom. The quantitative estimate of drug-likeness (QED) is 0.842. The van der Waals surface area contributed by atoms with Gasteiger partial charge < -0.3 is 9.64 Å². The van der Waals surface area contributed by atoms with Gasteiger partial charge in [-0.15, -0.1) is 11.3 Å². The van der Waals surface area contributed by atoms with Gasteiger partial charge in [-0.3, -0.25) is 9.19 Å². The van der Waals surface area contributed by atoms with Gasteiger partial charge in [0.25, 0.3) is 0 Å². The molecule has 22 heavy (non-hydrogen) atoms. The molecule has 5 nitrogen and oxygen atoms in total. The Kier molecular flexibility index (Phi) is 5.97. The second-order valence-corrected chi connectivity index (χ2v) is 9.01. The minimum absolute atomic E-state index is 0.0114. The third-order valence-electron chi connectivity index (χ3n) is 3.42. The van der Waals surface area contributed by atoms with Crippen LogP contribution in [0.5, 0.6) is 0 Å². The number of ether oxygens (including phenoxy) is 1. The fourth-order valence-electron chi connectivity index (χ4n) is 2.48. The van der Waals surface area contributed by atoms with Crippen LogP contribution in [-0.4, -0.2) is 44.1 Å². The molecule has 1 amide bonds. The van der Waals surface area contributed by atoms with Crippen molar-refractivity contribution in [1.82, 2.24) is 9.88 Å². The summed E-state index contributed by atoms with van der Waals surface area (Å²) in [5, 5.41) is 0. The minimum atomic E-state index is -0.986. The summed E-state index contributed by atoms with van der Waals surface area (Å²) in [6, 6.07) is 0.0114. The molecule has 0 aromatic carbocycles. The number of carbonyl (C=O) groups is 1. The van der Waals surface area contributed by atoms with Crippen molar-refractivity contribution in [3.8, 4) is 0 Å². The van der Waals surface area contributed by atoms with Gasteiger partial charge in [0.1, 0.15) is 5.60 Å². The van der Waals surface area contributed by atoms with Crippen LogP contribution in [0.25, 0.3) is 0 Å². The van der Waals surface area contributed by atoms with E-state index in [1.54, 1.807) is 16.6 Å². The van der Waals surface area contributed by atoms with E-state index in [2.05, 4.69) is 4.98 Å². The molecule has 1 saturated heterocycles. The Bertz CT molecular complexity index is 511. The number of hydrogen-bond acceptors (Lipinski definition) is 5. The summed E-state index contributed by atoms with van der Waals surface area (Å²) in [6.07, 6.45) is 4.42. The molecule has 0 bridgehead atoms. The Morgan fingerprint density at radius 2 is 2.27 bits per heavy atom. The predicted molar refractivity (Wildman–Crippen MR) is 89.4 cm³/mol. The van der Waals surface area contributed by atoms with Crippen molar-refractivity contribution in [3.63, 3.8) is 0 Å². The highest BCUT2D eigenvalue weighted by molar-refractivity contribution is 7.84.